The molecule has 1 amide bonds. The molecular formula is C18H20FN3O. The van der Waals surface area contributed by atoms with Crippen LogP contribution in [0.15, 0.2) is 48.8 Å². The standard InChI is InChI=1S/C18H20FN3O/c19-17-8-2-1-5-14(17)12-22-10-4-6-15(13-22)18(23)21-16-7-3-9-20-11-16/h1-3,5,7-9,11,15H,4,6,10,12-13H2,(H,21,23). The van der Waals surface area contributed by atoms with E-state index in [0.29, 0.717) is 24.3 Å². The maximum absolute atomic E-state index is 13.8. The number of aromatic nitrogens is 1. The van der Waals surface area contributed by atoms with Gasteiger partial charge in [-0.05, 0) is 37.6 Å². The van der Waals surface area contributed by atoms with Gasteiger partial charge < -0.3 is 5.32 Å². The van der Waals surface area contributed by atoms with Crippen LogP contribution in [-0.2, 0) is 11.3 Å². The van der Waals surface area contributed by atoms with E-state index in [1.165, 1.54) is 6.07 Å². The Kier molecular flexibility index (Phi) is 4.98. The Hall–Kier alpha value is -2.27. The SMILES string of the molecule is O=C(Nc1cccnc1)C1CCCN(Cc2ccccc2F)C1. The molecule has 1 N–H and O–H groups in total. The zero-order valence-corrected chi connectivity index (χ0v) is 12.9. The first-order valence-corrected chi connectivity index (χ1v) is 7.89. The van der Waals surface area contributed by atoms with Gasteiger partial charge in [0.2, 0.25) is 5.91 Å². The first-order valence-electron chi connectivity index (χ1n) is 7.89. The van der Waals surface area contributed by atoms with E-state index in [0.717, 1.165) is 19.4 Å². The number of carbonyl (C=O) groups is 1. The lowest BCUT2D eigenvalue weighted by Gasteiger charge is -2.32. The number of piperidine rings is 1. The Morgan fingerprint density at radius 3 is 2.96 bits per heavy atom. The normalized spacial score (nSPS) is 18.6. The van der Waals surface area contributed by atoms with E-state index in [4.69, 9.17) is 0 Å². The van der Waals surface area contributed by atoms with Gasteiger partial charge >= 0.3 is 0 Å². The van der Waals surface area contributed by atoms with Gasteiger partial charge in [-0.3, -0.25) is 14.7 Å². The lowest BCUT2D eigenvalue weighted by molar-refractivity contribution is -0.121. The van der Waals surface area contributed by atoms with Crippen LogP contribution in [0.2, 0.25) is 0 Å². The van der Waals surface area contributed by atoms with Gasteiger partial charge in [-0.25, -0.2) is 4.39 Å². The molecule has 5 heteroatoms. The van der Waals surface area contributed by atoms with Gasteiger partial charge in [-0.2, -0.15) is 0 Å². The van der Waals surface area contributed by atoms with Crippen LogP contribution in [0.5, 0.6) is 0 Å². The predicted molar refractivity (Wildman–Crippen MR) is 87.3 cm³/mol. The summed E-state index contributed by atoms with van der Waals surface area (Å²) in [6.07, 6.45) is 5.11. The lowest BCUT2D eigenvalue weighted by atomic mass is 9.96. The number of benzene rings is 1. The molecule has 4 nitrogen and oxygen atoms in total. The minimum Gasteiger partial charge on any atom is -0.324 e. The average Bonchev–Trinajstić information content (AvgIpc) is 2.58. The summed E-state index contributed by atoms with van der Waals surface area (Å²) < 4.78 is 13.8. The quantitative estimate of drug-likeness (QED) is 0.943. The summed E-state index contributed by atoms with van der Waals surface area (Å²) >= 11 is 0. The Balaban J connectivity index is 1.59. The van der Waals surface area contributed by atoms with Crippen molar-refractivity contribution in [1.29, 1.82) is 0 Å². The Morgan fingerprint density at radius 2 is 2.17 bits per heavy atom. The van der Waals surface area contributed by atoms with Crippen molar-refractivity contribution >= 4 is 11.6 Å². The molecule has 1 unspecified atom stereocenters. The van der Waals surface area contributed by atoms with Gasteiger partial charge in [0.1, 0.15) is 5.82 Å². The second-order valence-electron chi connectivity index (χ2n) is 5.90. The van der Waals surface area contributed by atoms with Crippen LogP contribution in [0.25, 0.3) is 0 Å². The minimum absolute atomic E-state index is 0.0104. The molecule has 0 spiro atoms. The van der Waals surface area contributed by atoms with Crippen LogP contribution < -0.4 is 5.32 Å². The number of anilines is 1. The van der Waals surface area contributed by atoms with Gasteiger partial charge in [-0.15, -0.1) is 0 Å². The molecule has 1 aliphatic heterocycles. The van der Waals surface area contributed by atoms with E-state index in [1.807, 2.05) is 12.1 Å². The molecule has 2 aromatic rings. The van der Waals surface area contributed by atoms with Crippen molar-refractivity contribution in [1.82, 2.24) is 9.88 Å². The summed E-state index contributed by atoms with van der Waals surface area (Å²) in [5.41, 5.74) is 1.39. The predicted octanol–water partition coefficient (Wildman–Crippen LogP) is 3.07. The highest BCUT2D eigenvalue weighted by atomic mass is 19.1. The average molecular weight is 313 g/mol. The Labute approximate surface area is 135 Å². The number of pyridine rings is 1. The second kappa shape index (κ2) is 7.33. The number of nitrogens with zero attached hydrogens (tertiary/aromatic N) is 2. The molecule has 1 aromatic carbocycles. The smallest absolute Gasteiger partial charge is 0.228 e. The van der Waals surface area contributed by atoms with Gasteiger partial charge in [0.25, 0.3) is 0 Å². The second-order valence-corrected chi connectivity index (χ2v) is 5.90. The van der Waals surface area contributed by atoms with E-state index in [-0.39, 0.29) is 17.6 Å². The molecule has 1 aliphatic rings. The van der Waals surface area contributed by atoms with Crippen molar-refractivity contribution < 1.29 is 9.18 Å². The summed E-state index contributed by atoms with van der Waals surface area (Å²) in [6, 6.07) is 10.4. The van der Waals surface area contributed by atoms with E-state index in [2.05, 4.69) is 15.2 Å². The van der Waals surface area contributed by atoms with E-state index >= 15 is 0 Å². The van der Waals surface area contributed by atoms with Crippen molar-refractivity contribution in [3.63, 3.8) is 0 Å². The number of hydrogen-bond donors (Lipinski definition) is 1. The molecule has 0 radical (unpaired) electrons. The number of halogens is 1. The van der Waals surface area contributed by atoms with Crippen molar-refractivity contribution in [2.24, 2.45) is 5.92 Å². The fourth-order valence-corrected chi connectivity index (χ4v) is 2.96. The monoisotopic (exact) mass is 313 g/mol. The molecule has 3 rings (SSSR count). The highest BCUT2D eigenvalue weighted by Gasteiger charge is 2.26. The Bertz CT molecular complexity index is 662. The maximum Gasteiger partial charge on any atom is 0.228 e. The topological polar surface area (TPSA) is 45.2 Å². The molecule has 1 atom stereocenters. The molecule has 1 fully saturated rings. The summed E-state index contributed by atoms with van der Waals surface area (Å²) in [7, 11) is 0. The number of rotatable bonds is 4. The van der Waals surface area contributed by atoms with Crippen LogP contribution in [0, 0.1) is 11.7 Å². The summed E-state index contributed by atoms with van der Waals surface area (Å²) in [4.78, 5) is 18.5. The highest BCUT2D eigenvalue weighted by Crippen LogP contribution is 2.21. The van der Waals surface area contributed by atoms with Crippen LogP contribution in [-0.4, -0.2) is 28.9 Å². The van der Waals surface area contributed by atoms with Crippen molar-refractivity contribution in [3.8, 4) is 0 Å². The van der Waals surface area contributed by atoms with Crippen molar-refractivity contribution in [2.45, 2.75) is 19.4 Å². The molecule has 0 aliphatic carbocycles. The zero-order valence-electron chi connectivity index (χ0n) is 12.9. The van der Waals surface area contributed by atoms with E-state index in [9.17, 15) is 9.18 Å². The molecular weight excluding hydrogens is 293 g/mol. The maximum atomic E-state index is 13.8. The number of hydrogen-bond acceptors (Lipinski definition) is 3. The molecule has 0 bridgehead atoms. The fourth-order valence-electron chi connectivity index (χ4n) is 2.96. The summed E-state index contributed by atoms with van der Waals surface area (Å²) in [6.45, 7) is 2.09. The molecule has 120 valence electrons. The highest BCUT2D eigenvalue weighted by molar-refractivity contribution is 5.92. The molecule has 23 heavy (non-hydrogen) atoms. The lowest BCUT2D eigenvalue weighted by Crippen LogP contribution is -2.40. The molecule has 0 saturated carbocycles. The van der Waals surface area contributed by atoms with Crippen LogP contribution >= 0.6 is 0 Å². The number of likely N-dealkylation sites (tertiary alicyclic amines) is 1. The van der Waals surface area contributed by atoms with Crippen molar-refractivity contribution in [2.75, 3.05) is 18.4 Å². The van der Waals surface area contributed by atoms with Gasteiger partial charge in [0, 0.05) is 24.8 Å². The third kappa shape index (κ3) is 4.13. The number of amides is 1. The zero-order chi connectivity index (χ0) is 16.1. The molecule has 2 heterocycles. The van der Waals surface area contributed by atoms with Crippen LogP contribution in [0.4, 0.5) is 10.1 Å². The first-order chi connectivity index (χ1) is 11.2. The number of nitrogens with one attached hydrogen (secondary N) is 1. The van der Waals surface area contributed by atoms with Crippen LogP contribution in [0.3, 0.4) is 0 Å². The number of carbonyl (C=O) groups excluding carboxylic acids is 1. The Morgan fingerprint density at radius 1 is 1.30 bits per heavy atom. The van der Waals surface area contributed by atoms with Gasteiger partial charge in [-0.1, -0.05) is 18.2 Å². The third-order valence-corrected chi connectivity index (χ3v) is 4.16. The van der Waals surface area contributed by atoms with Gasteiger partial charge in [0.15, 0.2) is 0 Å². The van der Waals surface area contributed by atoms with Crippen molar-refractivity contribution in [3.05, 3.63) is 60.2 Å². The molecule has 1 saturated heterocycles. The third-order valence-electron chi connectivity index (χ3n) is 4.16. The molecule has 1 aromatic heterocycles. The fraction of sp³-hybridized carbons (Fsp3) is 0.333. The largest absolute Gasteiger partial charge is 0.324 e. The van der Waals surface area contributed by atoms with E-state index in [1.54, 1.807) is 30.6 Å². The van der Waals surface area contributed by atoms with Gasteiger partial charge in [0.05, 0.1) is 17.8 Å². The first kappa shape index (κ1) is 15.6. The van der Waals surface area contributed by atoms with Crippen LogP contribution in [0.1, 0.15) is 18.4 Å². The summed E-state index contributed by atoms with van der Waals surface area (Å²) in [5, 5.41) is 2.91. The summed E-state index contributed by atoms with van der Waals surface area (Å²) in [5.74, 6) is -0.249. The van der Waals surface area contributed by atoms with E-state index < -0.39 is 0 Å². The minimum atomic E-state index is -0.186.